The van der Waals surface area contributed by atoms with E-state index in [2.05, 4.69) is 15.2 Å². The maximum absolute atomic E-state index is 12.2. The molecule has 1 amide bonds. The molecule has 0 aliphatic heterocycles. The molecule has 2 rings (SSSR count). The molecule has 1 heterocycles. The molecule has 4 heteroatoms. The number of nitrogens with one attached hydrogen (secondary N) is 1. The van der Waals surface area contributed by atoms with Crippen LogP contribution in [0, 0.1) is 0 Å². The Bertz CT molecular complexity index is 561. The molecule has 100 valence electrons. The van der Waals surface area contributed by atoms with Crippen LogP contribution in [0.25, 0.3) is 10.9 Å². The summed E-state index contributed by atoms with van der Waals surface area (Å²) < 4.78 is 0. The van der Waals surface area contributed by atoms with Crippen LogP contribution in [0.4, 0.5) is 0 Å². The first-order chi connectivity index (χ1) is 9.18. The van der Waals surface area contributed by atoms with Gasteiger partial charge in [-0.3, -0.25) is 9.78 Å². The molecule has 0 atom stereocenters. The van der Waals surface area contributed by atoms with Crippen LogP contribution in [-0.2, 0) is 0 Å². The van der Waals surface area contributed by atoms with Crippen molar-refractivity contribution >= 4 is 16.8 Å². The van der Waals surface area contributed by atoms with Crippen LogP contribution in [0.15, 0.2) is 36.5 Å². The molecule has 0 saturated heterocycles. The minimum Gasteiger partial charge on any atom is -0.352 e. The van der Waals surface area contributed by atoms with Gasteiger partial charge in [-0.25, -0.2) is 0 Å². The molecule has 0 fully saturated rings. The number of para-hydroxylation sites is 1. The van der Waals surface area contributed by atoms with E-state index < -0.39 is 0 Å². The summed E-state index contributed by atoms with van der Waals surface area (Å²) in [6, 6.07) is 9.46. The lowest BCUT2D eigenvalue weighted by Crippen LogP contribution is -2.27. The summed E-state index contributed by atoms with van der Waals surface area (Å²) in [5.41, 5.74) is 1.54. The van der Waals surface area contributed by atoms with Crippen LogP contribution in [0.2, 0.25) is 0 Å². The Morgan fingerprint density at radius 1 is 1.26 bits per heavy atom. The Kier molecular flexibility index (Phi) is 4.47. The highest BCUT2D eigenvalue weighted by atomic mass is 16.1. The normalized spacial score (nSPS) is 10.9. The second kappa shape index (κ2) is 6.29. The van der Waals surface area contributed by atoms with Crippen LogP contribution < -0.4 is 5.32 Å². The highest BCUT2D eigenvalue weighted by Gasteiger charge is 2.09. The van der Waals surface area contributed by atoms with Crippen molar-refractivity contribution in [1.29, 1.82) is 0 Å². The second-order valence-electron chi connectivity index (χ2n) is 4.79. The highest BCUT2D eigenvalue weighted by Crippen LogP contribution is 2.15. The van der Waals surface area contributed by atoms with Gasteiger partial charge in [0, 0.05) is 18.1 Å². The third-order valence-corrected chi connectivity index (χ3v) is 2.96. The summed E-state index contributed by atoms with van der Waals surface area (Å²) in [4.78, 5) is 18.5. The molecule has 4 nitrogen and oxygen atoms in total. The minimum atomic E-state index is -0.0302. The second-order valence-corrected chi connectivity index (χ2v) is 4.79. The van der Waals surface area contributed by atoms with Gasteiger partial charge < -0.3 is 10.2 Å². The lowest BCUT2D eigenvalue weighted by atomic mass is 10.1. The molecule has 1 N–H and O–H groups in total. The van der Waals surface area contributed by atoms with Crippen LogP contribution in [0.5, 0.6) is 0 Å². The molecule has 0 unspecified atom stereocenters. The largest absolute Gasteiger partial charge is 0.352 e. The van der Waals surface area contributed by atoms with Crippen molar-refractivity contribution in [3.63, 3.8) is 0 Å². The third kappa shape index (κ3) is 3.51. The molecule has 0 radical (unpaired) electrons. The van der Waals surface area contributed by atoms with E-state index in [1.54, 1.807) is 12.3 Å². The molecular weight excluding hydrogens is 238 g/mol. The Hall–Kier alpha value is -1.94. The summed E-state index contributed by atoms with van der Waals surface area (Å²) in [7, 11) is 4.05. The number of fused-ring (bicyclic) bond motifs is 1. The fourth-order valence-corrected chi connectivity index (χ4v) is 1.99. The Morgan fingerprint density at radius 3 is 2.84 bits per heavy atom. The van der Waals surface area contributed by atoms with E-state index in [1.807, 2.05) is 38.4 Å². The zero-order valence-electron chi connectivity index (χ0n) is 11.4. The maximum Gasteiger partial charge on any atom is 0.252 e. The Labute approximate surface area is 113 Å². The monoisotopic (exact) mass is 257 g/mol. The predicted octanol–water partition coefficient (Wildman–Crippen LogP) is 1.92. The van der Waals surface area contributed by atoms with Crippen LogP contribution >= 0.6 is 0 Å². The van der Waals surface area contributed by atoms with Crippen molar-refractivity contribution in [2.24, 2.45) is 0 Å². The summed E-state index contributed by atoms with van der Waals surface area (Å²) in [5.74, 6) is -0.0302. The van der Waals surface area contributed by atoms with E-state index in [-0.39, 0.29) is 5.91 Å². The standard InChI is InChI=1S/C15H19N3O/c1-18(2)11-5-9-17-15(19)13-8-10-16-14-7-4-3-6-12(13)14/h3-4,6-8,10H,5,9,11H2,1-2H3,(H,17,19). The molecule has 0 aliphatic carbocycles. The highest BCUT2D eigenvalue weighted by molar-refractivity contribution is 6.05. The van der Waals surface area contributed by atoms with Crippen molar-refractivity contribution in [2.75, 3.05) is 27.2 Å². The van der Waals surface area contributed by atoms with Crippen molar-refractivity contribution in [3.8, 4) is 0 Å². The van der Waals surface area contributed by atoms with E-state index >= 15 is 0 Å². The number of nitrogens with zero attached hydrogens (tertiary/aromatic N) is 2. The zero-order chi connectivity index (χ0) is 13.7. The lowest BCUT2D eigenvalue weighted by molar-refractivity contribution is 0.0954. The molecular formula is C15H19N3O. The average Bonchev–Trinajstić information content (AvgIpc) is 2.42. The van der Waals surface area contributed by atoms with Gasteiger partial charge in [0.25, 0.3) is 5.91 Å². The Balaban J connectivity index is 2.05. The van der Waals surface area contributed by atoms with Crippen molar-refractivity contribution in [1.82, 2.24) is 15.2 Å². The first kappa shape index (κ1) is 13.5. The number of aromatic nitrogens is 1. The van der Waals surface area contributed by atoms with Crippen molar-refractivity contribution in [3.05, 3.63) is 42.1 Å². The van der Waals surface area contributed by atoms with Gasteiger partial charge in [0.05, 0.1) is 11.1 Å². The molecule has 0 bridgehead atoms. The summed E-state index contributed by atoms with van der Waals surface area (Å²) >= 11 is 0. The van der Waals surface area contributed by atoms with Gasteiger partial charge in [0.15, 0.2) is 0 Å². The van der Waals surface area contributed by atoms with Crippen LogP contribution in [-0.4, -0.2) is 43.0 Å². The van der Waals surface area contributed by atoms with Gasteiger partial charge >= 0.3 is 0 Å². The molecule has 1 aromatic carbocycles. The maximum atomic E-state index is 12.2. The summed E-state index contributed by atoms with van der Waals surface area (Å²) in [5, 5.41) is 3.85. The van der Waals surface area contributed by atoms with E-state index in [0.29, 0.717) is 12.1 Å². The lowest BCUT2D eigenvalue weighted by Gasteiger charge is -2.10. The molecule has 0 spiro atoms. The van der Waals surface area contributed by atoms with Gasteiger partial charge in [-0.1, -0.05) is 18.2 Å². The van der Waals surface area contributed by atoms with Crippen LogP contribution in [0.1, 0.15) is 16.8 Å². The first-order valence-corrected chi connectivity index (χ1v) is 6.45. The number of pyridine rings is 1. The van der Waals surface area contributed by atoms with Gasteiger partial charge in [-0.2, -0.15) is 0 Å². The number of carbonyl (C=O) groups is 1. The molecule has 2 aromatic rings. The Morgan fingerprint density at radius 2 is 2.05 bits per heavy atom. The van der Waals surface area contributed by atoms with Crippen molar-refractivity contribution < 1.29 is 4.79 Å². The number of carbonyl (C=O) groups excluding carboxylic acids is 1. The van der Waals surface area contributed by atoms with Crippen LogP contribution in [0.3, 0.4) is 0 Å². The van der Waals surface area contributed by atoms with E-state index in [9.17, 15) is 4.79 Å². The number of benzene rings is 1. The molecule has 0 aliphatic rings. The SMILES string of the molecule is CN(C)CCCNC(=O)c1ccnc2ccccc12. The topological polar surface area (TPSA) is 45.2 Å². The minimum absolute atomic E-state index is 0.0302. The summed E-state index contributed by atoms with van der Waals surface area (Å²) in [6.45, 7) is 1.66. The van der Waals surface area contributed by atoms with E-state index in [4.69, 9.17) is 0 Å². The number of hydrogen-bond acceptors (Lipinski definition) is 3. The smallest absolute Gasteiger partial charge is 0.252 e. The number of hydrogen-bond donors (Lipinski definition) is 1. The van der Waals surface area contributed by atoms with Gasteiger partial charge in [-0.05, 0) is 39.2 Å². The third-order valence-electron chi connectivity index (χ3n) is 2.96. The molecule has 19 heavy (non-hydrogen) atoms. The van der Waals surface area contributed by atoms with Crippen molar-refractivity contribution in [2.45, 2.75) is 6.42 Å². The number of amides is 1. The molecule has 0 saturated carbocycles. The van der Waals surface area contributed by atoms with E-state index in [1.165, 1.54) is 0 Å². The number of rotatable bonds is 5. The molecule has 1 aromatic heterocycles. The fraction of sp³-hybridized carbons (Fsp3) is 0.333. The fourth-order valence-electron chi connectivity index (χ4n) is 1.99. The van der Waals surface area contributed by atoms with E-state index in [0.717, 1.165) is 23.9 Å². The van der Waals surface area contributed by atoms with Gasteiger partial charge in [-0.15, -0.1) is 0 Å². The average molecular weight is 257 g/mol. The van der Waals surface area contributed by atoms with Gasteiger partial charge in [0.2, 0.25) is 0 Å². The summed E-state index contributed by atoms with van der Waals surface area (Å²) in [6.07, 6.45) is 2.62. The first-order valence-electron chi connectivity index (χ1n) is 6.45. The quantitative estimate of drug-likeness (QED) is 0.832. The predicted molar refractivity (Wildman–Crippen MR) is 77.2 cm³/mol. The zero-order valence-corrected chi connectivity index (χ0v) is 11.4. The van der Waals surface area contributed by atoms with Gasteiger partial charge in [0.1, 0.15) is 0 Å².